The summed E-state index contributed by atoms with van der Waals surface area (Å²) >= 11 is 0. The molecule has 7 heteroatoms. The average molecular weight is 543 g/mol. The third-order valence-electron chi connectivity index (χ3n) is 8.51. The second kappa shape index (κ2) is 9.63. The molecule has 1 saturated heterocycles. The van der Waals surface area contributed by atoms with Crippen LogP contribution in [0.4, 0.5) is 5.69 Å². The summed E-state index contributed by atoms with van der Waals surface area (Å²) in [4.78, 5) is 58.3. The summed E-state index contributed by atoms with van der Waals surface area (Å²) in [6.07, 6.45) is 5.05. The molecule has 2 amide bonds. The van der Waals surface area contributed by atoms with Crippen molar-refractivity contribution in [3.63, 3.8) is 0 Å². The van der Waals surface area contributed by atoms with E-state index in [1.54, 1.807) is 54.6 Å². The van der Waals surface area contributed by atoms with Gasteiger partial charge in [-0.15, -0.1) is 0 Å². The van der Waals surface area contributed by atoms with Crippen molar-refractivity contribution in [1.29, 1.82) is 0 Å². The number of rotatable bonds is 6. The van der Waals surface area contributed by atoms with E-state index in [4.69, 9.17) is 9.72 Å². The van der Waals surface area contributed by atoms with Crippen molar-refractivity contribution < 1.29 is 23.9 Å². The summed E-state index contributed by atoms with van der Waals surface area (Å²) in [7, 11) is 0. The molecule has 2 heterocycles. The second-order valence-corrected chi connectivity index (χ2v) is 11.0. The molecule has 2 aliphatic carbocycles. The fraction of sp³-hybridized carbons (Fsp3) is 0.206. The molecule has 7 nitrogen and oxygen atoms in total. The second-order valence-electron chi connectivity index (χ2n) is 11.0. The Kier molecular flexibility index (Phi) is 5.89. The van der Waals surface area contributed by atoms with Crippen LogP contribution >= 0.6 is 0 Å². The molecule has 202 valence electrons. The number of hydrogen-bond acceptors (Lipinski definition) is 6. The first-order chi connectivity index (χ1) is 19.9. The molecule has 41 heavy (non-hydrogen) atoms. The number of ether oxygens (including phenoxy) is 1. The Labute approximate surface area is 236 Å². The SMILES string of the molecule is Cc1ccc2nc(-c3ccc(N4C(=O)[C@@H]5[C@H](C4=O)[C@H]4C=C[C@H]5C4)cc3)cc(C(=O)OCC(=O)c3ccccc3)c2c1. The third kappa shape index (κ3) is 4.16. The van der Waals surface area contributed by atoms with Crippen LogP contribution in [0.25, 0.3) is 22.2 Å². The summed E-state index contributed by atoms with van der Waals surface area (Å²) in [6, 6.07) is 23.1. The molecular formula is C34H26N2O5. The third-order valence-corrected chi connectivity index (χ3v) is 8.51. The number of amides is 2. The van der Waals surface area contributed by atoms with Gasteiger partial charge in [0.2, 0.25) is 11.8 Å². The van der Waals surface area contributed by atoms with Gasteiger partial charge >= 0.3 is 5.97 Å². The van der Waals surface area contributed by atoms with Crippen molar-refractivity contribution in [2.24, 2.45) is 23.7 Å². The maximum Gasteiger partial charge on any atom is 0.339 e. The summed E-state index contributed by atoms with van der Waals surface area (Å²) in [5, 5.41) is 0.630. The molecule has 3 aliphatic rings. The molecule has 7 rings (SSSR count). The number of pyridine rings is 1. The average Bonchev–Trinajstić information content (AvgIpc) is 3.69. The highest BCUT2D eigenvalue weighted by Gasteiger charge is 2.59. The molecule has 0 radical (unpaired) electrons. The molecule has 4 aromatic rings. The largest absolute Gasteiger partial charge is 0.454 e. The lowest BCUT2D eigenvalue weighted by Crippen LogP contribution is -2.32. The minimum absolute atomic E-state index is 0.126. The molecule has 0 spiro atoms. The lowest BCUT2D eigenvalue weighted by Gasteiger charge is -2.17. The normalized spacial score (nSPS) is 22.4. The number of anilines is 1. The van der Waals surface area contributed by atoms with Crippen molar-refractivity contribution >= 4 is 40.2 Å². The van der Waals surface area contributed by atoms with E-state index in [0.717, 1.165) is 12.0 Å². The molecule has 0 unspecified atom stereocenters. The number of esters is 1. The van der Waals surface area contributed by atoms with E-state index in [9.17, 15) is 19.2 Å². The molecule has 2 bridgehead atoms. The maximum absolute atomic E-state index is 13.3. The van der Waals surface area contributed by atoms with E-state index < -0.39 is 5.97 Å². The van der Waals surface area contributed by atoms with Crippen molar-refractivity contribution in [3.05, 3.63) is 108 Å². The van der Waals surface area contributed by atoms with Gasteiger partial charge in [-0.3, -0.25) is 19.3 Å². The van der Waals surface area contributed by atoms with Gasteiger partial charge in [0.25, 0.3) is 0 Å². The molecule has 1 aromatic heterocycles. The minimum atomic E-state index is -0.617. The highest BCUT2D eigenvalue weighted by Crippen LogP contribution is 2.53. The van der Waals surface area contributed by atoms with Crippen LogP contribution in [0.15, 0.2) is 91.0 Å². The monoisotopic (exact) mass is 542 g/mol. The summed E-state index contributed by atoms with van der Waals surface area (Å²) < 4.78 is 5.45. The van der Waals surface area contributed by atoms with Gasteiger partial charge in [0, 0.05) is 16.5 Å². The fourth-order valence-corrected chi connectivity index (χ4v) is 6.51. The Balaban J connectivity index is 1.17. The molecule has 3 aromatic carbocycles. The number of nitrogens with zero attached hydrogens (tertiary/aromatic N) is 2. The van der Waals surface area contributed by atoms with Gasteiger partial charge in [0.1, 0.15) is 0 Å². The van der Waals surface area contributed by atoms with Crippen LogP contribution < -0.4 is 4.90 Å². The lowest BCUT2D eigenvalue weighted by molar-refractivity contribution is -0.123. The Morgan fingerprint density at radius 2 is 1.56 bits per heavy atom. The van der Waals surface area contributed by atoms with Gasteiger partial charge in [-0.05, 0) is 55.5 Å². The van der Waals surface area contributed by atoms with Crippen LogP contribution in [0, 0.1) is 30.6 Å². The number of benzene rings is 3. The molecular weight excluding hydrogens is 516 g/mol. The van der Waals surface area contributed by atoms with E-state index in [1.807, 2.05) is 31.2 Å². The summed E-state index contributed by atoms with van der Waals surface area (Å²) in [5.41, 5.74) is 4.13. The van der Waals surface area contributed by atoms with Crippen LogP contribution in [0.3, 0.4) is 0 Å². The Morgan fingerprint density at radius 1 is 0.878 bits per heavy atom. The van der Waals surface area contributed by atoms with Crippen LogP contribution in [-0.2, 0) is 14.3 Å². The van der Waals surface area contributed by atoms with E-state index in [0.29, 0.717) is 39.0 Å². The number of aromatic nitrogens is 1. The Hall–Kier alpha value is -4.91. The van der Waals surface area contributed by atoms with Gasteiger partial charge in [0.15, 0.2) is 12.4 Å². The van der Waals surface area contributed by atoms with Crippen LogP contribution in [-0.4, -0.2) is 35.2 Å². The van der Waals surface area contributed by atoms with E-state index in [1.165, 1.54) is 4.90 Å². The van der Waals surface area contributed by atoms with Crippen molar-refractivity contribution in [2.45, 2.75) is 13.3 Å². The number of ketones is 1. The quantitative estimate of drug-likeness (QED) is 0.137. The van der Waals surface area contributed by atoms with Gasteiger partial charge in [-0.25, -0.2) is 9.78 Å². The predicted octanol–water partition coefficient (Wildman–Crippen LogP) is 5.56. The number of fused-ring (bicyclic) bond motifs is 6. The molecule has 1 saturated carbocycles. The summed E-state index contributed by atoms with van der Waals surface area (Å²) in [5.74, 6) is -1.38. The standard InChI is InChI=1S/C34H26N2O5/c1-19-7-14-27-25(15-19)26(34(40)41-18-29(37)21-5-3-2-4-6-21)17-28(35-27)20-10-12-24(13-11-20)36-32(38)30-22-8-9-23(16-22)31(30)33(36)39/h2-15,17,22-23,30-31H,16,18H2,1H3/t22-,23-,30-,31+/m0/s1. The van der Waals surface area contributed by atoms with Crippen molar-refractivity contribution in [3.8, 4) is 11.3 Å². The molecule has 1 aliphatic heterocycles. The van der Waals surface area contributed by atoms with Gasteiger partial charge < -0.3 is 4.74 Å². The predicted molar refractivity (Wildman–Crippen MR) is 153 cm³/mol. The first-order valence-electron chi connectivity index (χ1n) is 13.7. The minimum Gasteiger partial charge on any atom is -0.454 e. The number of carbonyl (C=O) groups excluding carboxylic acids is 4. The lowest BCUT2D eigenvalue weighted by atomic mass is 9.85. The zero-order valence-electron chi connectivity index (χ0n) is 22.3. The number of allylic oxidation sites excluding steroid dienone is 2. The van der Waals surface area contributed by atoms with Gasteiger partial charge in [-0.1, -0.05) is 66.2 Å². The number of carbonyl (C=O) groups is 4. The van der Waals surface area contributed by atoms with Crippen LogP contribution in [0.5, 0.6) is 0 Å². The van der Waals surface area contributed by atoms with Crippen molar-refractivity contribution in [2.75, 3.05) is 11.5 Å². The van der Waals surface area contributed by atoms with Crippen molar-refractivity contribution in [1.82, 2.24) is 4.98 Å². The highest BCUT2D eigenvalue weighted by atomic mass is 16.5. The number of hydrogen-bond donors (Lipinski definition) is 0. The number of imide groups is 1. The zero-order valence-corrected chi connectivity index (χ0v) is 22.3. The topological polar surface area (TPSA) is 93.6 Å². The fourth-order valence-electron chi connectivity index (χ4n) is 6.51. The van der Waals surface area contributed by atoms with Gasteiger partial charge in [0.05, 0.1) is 34.3 Å². The zero-order chi connectivity index (χ0) is 28.2. The maximum atomic E-state index is 13.3. The molecule has 0 N–H and O–H groups in total. The first kappa shape index (κ1) is 25.1. The van der Waals surface area contributed by atoms with E-state index in [2.05, 4.69) is 12.2 Å². The van der Waals surface area contributed by atoms with Gasteiger partial charge in [-0.2, -0.15) is 0 Å². The molecule has 2 fully saturated rings. The Morgan fingerprint density at radius 3 is 2.24 bits per heavy atom. The Bertz CT molecular complexity index is 1750. The first-order valence-corrected chi connectivity index (χ1v) is 13.7. The number of aryl methyl sites for hydroxylation is 1. The summed E-state index contributed by atoms with van der Waals surface area (Å²) in [6.45, 7) is 1.55. The number of Topliss-reactive ketones (excluding diaryl/α,β-unsaturated/α-hetero) is 1. The smallest absolute Gasteiger partial charge is 0.339 e. The van der Waals surface area contributed by atoms with Crippen LogP contribution in [0.2, 0.25) is 0 Å². The van der Waals surface area contributed by atoms with Crippen LogP contribution in [0.1, 0.15) is 32.7 Å². The molecule has 4 atom stereocenters. The highest BCUT2D eigenvalue weighted by molar-refractivity contribution is 6.22. The van der Waals surface area contributed by atoms with E-state index in [-0.39, 0.29) is 47.9 Å². The van der Waals surface area contributed by atoms with E-state index >= 15 is 0 Å².